The Kier molecular flexibility index (Phi) is 4.25. The van der Waals surface area contributed by atoms with Gasteiger partial charge in [0.25, 0.3) is 5.69 Å². The smallest absolute Gasteiger partial charge is 0.368 e. The molecule has 0 aromatic heterocycles. The standard InChI is InChI=1S/C13H14F3N3O3/c1-9(20)17-4-6-18(7-5-17)10-2-3-12(19(21)22)11(8-10)13(14,15)16/h2-3,8H,4-7H2,1H3. The van der Waals surface area contributed by atoms with Crippen molar-refractivity contribution in [2.75, 3.05) is 31.1 Å². The Bertz CT molecular complexity index is 596. The second-order valence-electron chi connectivity index (χ2n) is 4.95. The number of anilines is 1. The van der Waals surface area contributed by atoms with Crippen molar-refractivity contribution in [1.82, 2.24) is 4.90 Å². The van der Waals surface area contributed by atoms with Gasteiger partial charge >= 0.3 is 6.18 Å². The molecule has 1 heterocycles. The van der Waals surface area contributed by atoms with Gasteiger partial charge in [-0.1, -0.05) is 0 Å². The number of amides is 1. The van der Waals surface area contributed by atoms with E-state index in [2.05, 4.69) is 0 Å². The van der Waals surface area contributed by atoms with Crippen LogP contribution in [0.2, 0.25) is 0 Å². The first kappa shape index (κ1) is 16.1. The van der Waals surface area contributed by atoms with Crippen LogP contribution in [0.1, 0.15) is 12.5 Å². The van der Waals surface area contributed by atoms with Crippen LogP contribution in [0.25, 0.3) is 0 Å². The second-order valence-corrected chi connectivity index (χ2v) is 4.95. The van der Waals surface area contributed by atoms with Crippen molar-refractivity contribution in [3.8, 4) is 0 Å². The lowest BCUT2D eigenvalue weighted by atomic mass is 10.1. The molecule has 1 aromatic carbocycles. The fourth-order valence-corrected chi connectivity index (χ4v) is 2.39. The number of nitro groups is 1. The maximum atomic E-state index is 12.9. The molecule has 120 valence electrons. The molecule has 2 rings (SSSR count). The van der Waals surface area contributed by atoms with Gasteiger partial charge in [-0.25, -0.2) is 0 Å². The van der Waals surface area contributed by atoms with Gasteiger partial charge in [0.05, 0.1) is 4.92 Å². The van der Waals surface area contributed by atoms with E-state index >= 15 is 0 Å². The minimum absolute atomic E-state index is 0.0840. The maximum Gasteiger partial charge on any atom is 0.423 e. The second kappa shape index (κ2) is 5.82. The number of nitrogens with zero attached hydrogens (tertiary/aromatic N) is 3. The summed E-state index contributed by atoms with van der Waals surface area (Å²) in [6.07, 6.45) is -4.79. The Morgan fingerprint density at radius 2 is 1.82 bits per heavy atom. The highest BCUT2D eigenvalue weighted by molar-refractivity contribution is 5.73. The summed E-state index contributed by atoms with van der Waals surface area (Å²) >= 11 is 0. The number of alkyl halides is 3. The van der Waals surface area contributed by atoms with Gasteiger partial charge in [-0.3, -0.25) is 14.9 Å². The average Bonchev–Trinajstić information content (AvgIpc) is 2.45. The van der Waals surface area contributed by atoms with Gasteiger partial charge in [0.15, 0.2) is 0 Å². The van der Waals surface area contributed by atoms with Gasteiger partial charge in [0.1, 0.15) is 5.56 Å². The van der Waals surface area contributed by atoms with E-state index in [0.29, 0.717) is 26.2 Å². The molecular formula is C13H14F3N3O3. The molecule has 0 unspecified atom stereocenters. The first-order valence-corrected chi connectivity index (χ1v) is 6.56. The molecule has 9 heteroatoms. The molecule has 0 radical (unpaired) electrons. The van der Waals surface area contributed by atoms with Gasteiger partial charge in [-0.2, -0.15) is 13.2 Å². The summed E-state index contributed by atoms with van der Waals surface area (Å²) in [6, 6.07) is 2.97. The quantitative estimate of drug-likeness (QED) is 0.620. The lowest BCUT2D eigenvalue weighted by molar-refractivity contribution is -0.388. The van der Waals surface area contributed by atoms with E-state index in [1.165, 1.54) is 13.0 Å². The molecule has 1 aliphatic rings. The lowest BCUT2D eigenvalue weighted by Gasteiger charge is -2.35. The number of piperazine rings is 1. The molecule has 0 atom stereocenters. The minimum atomic E-state index is -4.79. The number of carbonyl (C=O) groups excluding carboxylic acids is 1. The van der Waals surface area contributed by atoms with Crippen molar-refractivity contribution in [3.63, 3.8) is 0 Å². The highest BCUT2D eigenvalue weighted by atomic mass is 19.4. The predicted octanol–water partition coefficient (Wildman–Crippen LogP) is 2.28. The average molecular weight is 317 g/mol. The van der Waals surface area contributed by atoms with E-state index in [0.717, 1.165) is 12.1 Å². The van der Waals surface area contributed by atoms with Crippen LogP contribution < -0.4 is 4.90 Å². The molecule has 0 aliphatic carbocycles. The number of hydrogen-bond acceptors (Lipinski definition) is 4. The van der Waals surface area contributed by atoms with Crippen molar-refractivity contribution >= 4 is 17.3 Å². The number of benzene rings is 1. The number of halogens is 3. The number of rotatable bonds is 2. The van der Waals surface area contributed by atoms with E-state index < -0.39 is 22.4 Å². The van der Waals surface area contributed by atoms with Crippen LogP contribution in [-0.4, -0.2) is 41.9 Å². The molecule has 1 aromatic rings. The third-order valence-electron chi connectivity index (χ3n) is 3.57. The van der Waals surface area contributed by atoms with Crippen molar-refractivity contribution < 1.29 is 22.9 Å². The van der Waals surface area contributed by atoms with E-state index in [9.17, 15) is 28.1 Å². The van der Waals surface area contributed by atoms with Crippen LogP contribution in [0.5, 0.6) is 0 Å². The zero-order valence-electron chi connectivity index (χ0n) is 11.8. The van der Waals surface area contributed by atoms with Gasteiger partial charge in [0, 0.05) is 44.9 Å². The van der Waals surface area contributed by atoms with Crippen molar-refractivity contribution in [1.29, 1.82) is 0 Å². The Hall–Kier alpha value is -2.32. The zero-order valence-corrected chi connectivity index (χ0v) is 11.8. The van der Waals surface area contributed by atoms with Crippen LogP contribution >= 0.6 is 0 Å². The van der Waals surface area contributed by atoms with Crippen LogP contribution in [-0.2, 0) is 11.0 Å². The third kappa shape index (κ3) is 3.29. The molecule has 0 N–H and O–H groups in total. The van der Waals surface area contributed by atoms with Gasteiger partial charge in [-0.15, -0.1) is 0 Å². The Morgan fingerprint density at radius 3 is 2.27 bits per heavy atom. The number of hydrogen-bond donors (Lipinski definition) is 0. The predicted molar refractivity (Wildman–Crippen MR) is 72.6 cm³/mol. The first-order valence-electron chi connectivity index (χ1n) is 6.56. The van der Waals surface area contributed by atoms with Gasteiger partial charge in [0.2, 0.25) is 5.91 Å². The highest BCUT2D eigenvalue weighted by Gasteiger charge is 2.38. The minimum Gasteiger partial charge on any atom is -0.368 e. The molecule has 1 aliphatic heterocycles. The summed E-state index contributed by atoms with van der Waals surface area (Å²) in [5.41, 5.74) is -1.95. The van der Waals surface area contributed by atoms with Crippen LogP contribution in [0.4, 0.5) is 24.5 Å². The monoisotopic (exact) mass is 317 g/mol. The summed E-state index contributed by atoms with van der Waals surface area (Å²) in [6.45, 7) is 3.02. The molecule has 1 fully saturated rings. The molecule has 0 spiro atoms. The molecule has 1 amide bonds. The Labute approximate surface area is 124 Å². The SMILES string of the molecule is CC(=O)N1CCN(c2ccc([N+](=O)[O-])c(C(F)(F)F)c2)CC1. The highest BCUT2D eigenvalue weighted by Crippen LogP contribution is 2.38. The summed E-state index contributed by atoms with van der Waals surface area (Å²) in [5.74, 6) is -0.0840. The van der Waals surface area contributed by atoms with Crippen molar-refractivity contribution in [2.45, 2.75) is 13.1 Å². The molecule has 22 heavy (non-hydrogen) atoms. The fourth-order valence-electron chi connectivity index (χ4n) is 2.39. The van der Waals surface area contributed by atoms with Gasteiger partial charge < -0.3 is 9.80 Å². The zero-order chi connectivity index (χ0) is 16.5. The summed E-state index contributed by atoms with van der Waals surface area (Å²) in [4.78, 5) is 24.2. The molecule has 1 saturated heterocycles. The molecule has 0 bridgehead atoms. The lowest BCUT2D eigenvalue weighted by Crippen LogP contribution is -2.48. The van der Waals surface area contributed by atoms with Crippen molar-refractivity contribution in [3.05, 3.63) is 33.9 Å². The van der Waals surface area contributed by atoms with E-state index in [4.69, 9.17) is 0 Å². The van der Waals surface area contributed by atoms with Crippen LogP contribution in [0, 0.1) is 10.1 Å². The van der Waals surface area contributed by atoms with Crippen LogP contribution in [0.3, 0.4) is 0 Å². The molecular weight excluding hydrogens is 303 g/mol. The summed E-state index contributed by atoms with van der Waals surface area (Å²) < 4.78 is 38.8. The van der Waals surface area contributed by atoms with E-state index in [1.807, 2.05) is 0 Å². The van der Waals surface area contributed by atoms with Crippen LogP contribution in [0.15, 0.2) is 18.2 Å². The van der Waals surface area contributed by atoms with E-state index in [1.54, 1.807) is 9.80 Å². The Morgan fingerprint density at radius 1 is 1.23 bits per heavy atom. The van der Waals surface area contributed by atoms with Crippen molar-refractivity contribution in [2.24, 2.45) is 0 Å². The third-order valence-corrected chi connectivity index (χ3v) is 3.57. The van der Waals surface area contributed by atoms with E-state index in [-0.39, 0.29) is 11.6 Å². The number of nitro benzene ring substituents is 1. The maximum absolute atomic E-state index is 12.9. The Balaban J connectivity index is 2.27. The molecule has 6 nitrogen and oxygen atoms in total. The largest absolute Gasteiger partial charge is 0.423 e. The summed E-state index contributed by atoms with van der Waals surface area (Å²) in [7, 11) is 0. The fraction of sp³-hybridized carbons (Fsp3) is 0.462. The molecule has 0 saturated carbocycles. The van der Waals surface area contributed by atoms with Gasteiger partial charge in [-0.05, 0) is 12.1 Å². The summed E-state index contributed by atoms with van der Waals surface area (Å²) in [5, 5.41) is 10.7. The topological polar surface area (TPSA) is 66.7 Å². The number of carbonyl (C=O) groups is 1. The first-order chi connectivity index (χ1) is 10.2. The normalized spacial score (nSPS) is 15.8.